The molecule has 3 nitrogen and oxygen atoms in total. The monoisotopic (exact) mass is 257 g/mol. The summed E-state index contributed by atoms with van der Waals surface area (Å²) in [6.45, 7) is 4.34. The molecule has 0 aliphatic rings. The van der Waals surface area contributed by atoms with Gasteiger partial charge in [-0.25, -0.2) is 0 Å². The Morgan fingerprint density at radius 1 is 1.26 bits per heavy atom. The molecule has 1 heterocycles. The third-order valence-corrected chi connectivity index (χ3v) is 3.62. The van der Waals surface area contributed by atoms with Crippen LogP contribution in [-0.2, 0) is 19.9 Å². The first-order chi connectivity index (χ1) is 9.08. The van der Waals surface area contributed by atoms with Crippen molar-refractivity contribution in [2.45, 2.75) is 32.7 Å². The van der Waals surface area contributed by atoms with Gasteiger partial charge in [0.15, 0.2) is 0 Å². The summed E-state index contributed by atoms with van der Waals surface area (Å²) in [7, 11) is 3.99. The second kappa shape index (κ2) is 6.02. The molecular formula is C16H23N3. The number of nitrogens with one attached hydrogen (secondary N) is 1. The highest BCUT2D eigenvalue weighted by atomic mass is 15.2. The van der Waals surface area contributed by atoms with E-state index < -0.39 is 0 Å². The molecule has 2 rings (SSSR count). The summed E-state index contributed by atoms with van der Waals surface area (Å²) >= 11 is 0. The Labute approximate surface area is 115 Å². The first-order valence-electron chi connectivity index (χ1n) is 6.79. The van der Waals surface area contributed by atoms with Gasteiger partial charge >= 0.3 is 0 Å². The van der Waals surface area contributed by atoms with Crippen LogP contribution in [0.1, 0.15) is 22.3 Å². The van der Waals surface area contributed by atoms with E-state index in [-0.39, 0.29) is 0 Å². The molecule has 2 aromatic rings. The zero-order chi connectivity index (χ0) is 13.8. The van der Waals surface area contributed by atoms with Gasteiger partial charge in [0.1, 0.15) is 0 Å². The Morgan fingerprint density at radius 3 is 2.68 bits per heavy atom. The summed E-state index contributed by atoms with van der Waals surface area (Å²) in [5.74, 6) is 0. The molecule has 0 saturated carbocycles. The summed E-state index contributed by atoms with van der Waals surface area (Å²) < 4.78 is 1.86. The lowest BCUT2D eigenvalue weighted by molar-refractivity contribution is 0.555. The van der Waals surface area contributed by atoms with Gasteiger partial charge < -0.3 is 5.32 Å². The molecule has 19 heavy (non-hydrogen) atoms. The summed E-state index contributed by atoms with van der Waals surface area (Å²) in [4.78, 5) is 0. The highest BCUT2D eigenvalue weighted by molar-refractivity contribution is 5.31. The zero-order valence-electron chi connectivity index (χ0n) is 12.3. The predicted octanol–water partition coefficient (Wildman–Crippen LogP) is 2.41. The van der Waals surface area contributed by atoms with Crippen molar-refractivity contribution in [1.82, 2.24) is 15.1 Å². The van der Waals surface area contributed by atoms with Crippen LogP contribution in [0.2, 0.25) is 0 Å². The standard InChI is InChI=1S/C16H23N3/c1-12-5-6-13(2)15(7-12)9-16(17-3)8-14-10-18-19(4)11-14/h5-7,10-11,16-17H,8-9H2,1-4H3. The van der Waals surface area contributed by atoms with Crippen LogP contribution < -0.4 is 5.32 Å². The first-order valence-corrected chi connectivity index (χ1v) is 6.79. The number of likely N-dealkylation sites (N-methyl/N-ethyl adjacent to an activating group) is 1. The molecule has 0 amide bonds. The van der Waals surface area contributed by atoms with E-state index in [1.165, 1.54) is 22.3 Å². The lowest BCUT2D eigenvalue weighted by Crippen LogP contribution is -2.30. The average molecular weight is 257 g/mol. The molecule has 0 fully saturated rings. The van der Waals surface area contributed by atoms with Gasteiger partial charge in [0.2, 0.25) is 0 Å². The van der Waals surface area contributed by atoms with Crippen LogP contribution in [0.3, 0.4) is 0 Å². The Balaban J connectivity index is 2.08. The van der Waals surface area contributed by atoms with Gasteiger partial charge in [0.25, 0.3) is 0 Å². The van der Waals surface area contributed by atoms with Crippen LogP contribution in [0, 0.1) is 13.8 Å². The van der Waals surface area contributed by atoms with Gasteiger partial charge in [-0.2, -0.15) is 5.10 Å². The van der Waals surface area contributed by atoms with Crippen LogP contribution in [0.5, 0.6) is 0 Å². The van der Waals surface area contributed by atoms with E-state index in [1.807, 2.05) is 25.0 Å². The van der Waals surface area contributed by atoms with E-state index in [0.717, 1.165) is 12.8 Å². The third-order valence-electron chi connectivity index (χ3n) is 3.62. The number of aryl methyl sites for hydroxylation is 3. The summed E-state index contributed by atoms with van der Waals surface area (Å²) in [5, 5.41) is 7.65. The van der Waals surface area contributed by atoms with Crippen molar-refractivity contribution in [3.8, 4) is 0 Å². The quantitative estimate of drug-likeness (QED) is 0.891. The maximum Gasteiger partial charge on any atom is 0.0522 e. The van der Waals surface area contributed by atoms with Crippen molar-refractivity contribution < 1.29 is 0 Å². The topological polar surface area (TPSA) is 29.9 Å². The highest BCUT2D eigenvalue weighted by Gasteiger charge is 2.11. The fraction of sp³-hybridized carbons (Fsp3) is 0.438. The molecule has 0 radical (unpaired) electrons. The first kappa shape index (κ1) is 13.8. The number of hydrogen-bond donors (Lipinski definition) is 1. The van der Waals surface area contributed by atoms with Crippen molar-refractivity contribution in [3.05, 3.63) is 52.8 Å². The van der Waals surface area contributed by atoms with Crippen LogP contribution >= 0.6 is 0 Å². The number of benzene rings is 1. The molecule has 0 aliphatic heterocycles. The summed E-state index contributed by atoms with van der Waals surface area (Å²) in [5.41, 5.74) is 5.42. The van der Waals surface area contributed by atoms with Crippen molar-refractivity contribution >= 4 is 0 Å². The van der Waals surface area contributed by atoms with Crippen molar-refractivity contribution in [2.24, 2.45) is 7.05 Å². The Morgan fingerprint density at radius 2 is 2.05 bits per heavy atom. The van der Waals surface area contributed by atoms with Gasteiger partial charge in [-0.05, 0) is 50.4 Å². The van der Waals surface area contributed by atoms with Gasteiger partial charge in [-0.15, -0.1) is 0 Å². The van der Waals surface area contributed by atoms with E-state index in [2.05, 4.69) is 48.7 Å². The summed E-state index contributed by atoms with van der Waals surface area (Å²) in [6, 6.07) is 7.13. The maximum absolute atomic E-state index is 4.23. The smallest absolute Gasteiger partial charge is 0.0522 e. The molecule has 1 unspecified atom stereocenters. The van der Waals surface area contributed by atoms with Gasteiger partial charge in [0.05, 0.1) is 6.20 Å². The number of rotatable bonds is 5. The van der Waals surface area contributed by atoms with Crippen LogP contribution in [0.15, 0.2) is 30.6 Å². The minimum atomic E-state index is 0.449. The lowest BCUT2D eigenvalue weighted by atomic mass is 9.96. The van der Waals surface area contributed by atoms with Gasteiger partial charge in [-0.1, -0.05) is 23.8 Å². The van der Waals surface area contributed by atoms with E-state index in [4.69, 9.17) is 0 Å². The lowest BCUT2D eigenvalue weighted by Gasteiger charge is -2.17. The third kappa shape index (κ3) is 3.67. The van der Waals surface area contributed by atoms with Crippen LogP contribution in [0.4, 0.5) is 0 Å². The molecule has 3 heteroatoms. The number of aromatic nitrogens is 2. The largest absolute Gasteiger partial charge is 0.316 e. The molecule has 0 bridgehead atoms. The Hall–Kier alpha value is -1.61. The second-order valence-corrected chi connectivity index (χ2v) is 5.35. The van der Waals surface area contributed by atoms with Crippen molar-refractivity contribution in [3.63, 3.8) is 0 Å². The molecule has 1 atom stereocenters. The van der Waals surface area contributed by atoms with Crippen molar-refractivity contribution in [2.75, 3.05) is 7.05 Å². The molecule has 0 spiro atoms. The molecule has 0 saturated heterocycles. The number of nitrogens with zero attached hydrogens (tertiary/aromatic N) is 2. The van der Waals surface area contributed by atoms with Crippen LogP contribution in [0.25, 0.3) is 0 Å². The molecule has 102 valence electrons. The molecule has 1 aromatic carbocycles. The average Bonchev–Trinajstić information content (AvgIpc) is 2.78. The normalized spacial score (nSPS) is 12.6. The highest BCUT2D eigenvalue weighted by Crippen LogP contribution is 2.14. The zero-order valence-corrected chi connectivity index (χ0v) is 12.3. The second-order valence-electron chi connectivity index (χ2n) is 5.35. The van der Waals surface area contributed by atoms with E-state index in [1.54, 1.807) is 0 Å². The SMILES string of the molecule is CNC(Cc1cnn(C)c1)Cc1cc(C)ccc1C. The Kier molecular flexibility index (Phi) is 4.38. The van der Waals surface area contributed by atoms with E-state index in [9.17, 15) is 0 Å². The van der Waals surface area contributed by atoms with E-state index in [0.29, 0.717) is 6.04 Å². The van der Waals surface area contributed by atoms with Gasteiger partial charge in [0, 0.05) is 19.3 Å². The molecule has 1 aromatic heterocycles. The number of hydrogen-bond acceptors (Lipinski definition) is 2. The fourth-order valence-electron chi connectivity index (χ4n) is 2.42. The molecule has 1 N–H and O–H groups in total. The van der Waals surface area contributed by atoms with E-state index >= 15 is 0 Å². The molecular weight excluding hydrogens is 234 g/mol. The Bertz CT molecular complexity index is 543. The van der Waals surface area contributed by atoms with Gasteiger partial charge in [-0.3, -0.25) is 4.68 Å². The van der Waals surface area contributed by atoms with Crippen LogP contribution in [-0.4, -0.2) is 22.9 Å². The molecule has 0 aliphatic carbocycles. The fourth-order valence-corrected chi connectivity index (χ4v) is 2.42. The predicted molar refractivity (Wildman–Crippen MR) is 79.4 cm³/mol. The van der Waals surface area contributed by atoms with Crippen molar-refractivity contribution in [1.29, 1.82) is 0 Å². The minimum Gasteiger partial charge on any atom is -0.316 e. The summed E-state index contributed by atoms with van der Waals surface area (Å²) in [6.07, 6.45) is 6.11. The minimum absolute atomic E-state index is 0.449. The maximum atomic E-state index is 4.23.